The van der Waals surface area contributed by atoms with Gasteiger partial charge in [-0.2, -0.15) is 0 Å². The van der Waals surface area contributed by atoms with Crippen molar-refractivity contribution in [3.63, 3.8) is 0 Å². The number of nitrogens with two attached hydrogens (primary N) is 1. The molecule has 1 unspecified atom stereocenters. The number of piperazine rings is 1. The first-order valence-electron chi connectivity index (χ1n) is 13.1. The Morgan fingerprint density at radius 3 is 2.42 bits per heavy atom. The van der Waals surface area contributed by atoms with Gasteiger partial charge < -0.3 is 31.5 Å². The first-order chi connectivity index (χ1) is 18.5. The topological polar surface area (TPSA) is 116 Å². The molecule has 0 saturated carbocycles. The van der Waals surface area contributed by atoms with Gasteiger partial charge in [-0.25, -0.2) is 4.79 Å². The zero-order chi connectivity index (χ0) is 26.7. The summed E-state index contributed by atoms with van der Waals surface area (Å²) in [6, 6.07) is 20.3. The van der Waals surface area contributed by atoms with Crippen LogP contribution < -0.4 is 21.7 Å². The molecule has 1 fully saturated rings. The number of hydrogen-bond donors (Lipinski definition) is 4. The normalized spacial score (nSPS) is 15.0. The van der Waals surface area contributed by atoms with E-state index in [4.69, 9.17) is 5.73 Å². The number of amides is 3. The Labute approximate surface area is 224 Å². The minimum absolute atomic E-state index is 0.217. The second-order valence-corrected chi connectivity index (χ2v) is 9.64. The van der Waals surface area contributed by atoms with E-state index >= 15 is 0 Å². The standard InChI is InChI=1S/C29H37N7O2/c1-35-17-19-36(20-18-35)16-14-25(34-29(38)31-15-13-22-7-3-2-4-8-22)23-11-12-27(32-21-23)28(37)33-26-10-6-5-9-24(26)30/h2-12,21,25H,13-20,30H2,1H3,(H,33,37)(H2,31,34,38). The first-order valence-corrected chi connectivity index (χ1v) is 13.1. The number of urea groups is 1. The second kappa shape index (κ2) is 13.6. The Kier molecular flexibility index (Phi) is 9.66. The summed E-state index contributed by atoms with van der Waals surface area (Å²) in [4.78, 5) is 34.6. The molecule has 2 heterocycles. The number of hydrogen-bond acceptors (Lipinski definition) is 6. The van der Waals surface area contributed by atoms with E-state index < -0.39 is 0 Å². The fourth-order valence-corrected chi connectivity index (χ4v) is 4.42. The molecule has 38 heavy (non-hydrogen) atoms. The van der Waals surface area contributed by atoms with Crippen LogP contribution >= 0.6 is 0 Å². The van der Waals surface area contributed by atoms with Crippen molar-refractivity contribution >= 4 is 23.3 Å². The summed E-state index contributed by atoms with van der Waals surface area (Å²) in [5.74, 6) is -0.338. The van der Waals surface area contributed by atoms with Gasteiger partial charge in [0.05, 0.1) is 17.4 Å². The lowest BCUT2D eigenvalue weighted by Crippen LogP contribution is -2.46. The maximum Gasteiger partial charge on any atom is 0.315 e. The third-order valence-electron chi connectivity index (χ3n) is 6.81. The summed E-state index contributed by atoms with van der Waals surface area (Å²) < 4.78 is 0. The zero-order valence-electron chi connectivity index (χ0n) is 21.9. The number of anilines is 2. The van der Waals surface area contributed by atoms with E-state index in [-0.39, 0.29) is 23.7 Å². The molecule has 200 valence electrons. The number of nitrogen functional groups attached to an aromatic ring is 1. The van der Waals surface area contributed by atoms with Crippen LogP contribution in [-0.4, -0.2) is 73.0 Å². The van der Waals surface area contributed by atoms with Crippen LogP contribution in [0.25, 0.3) is 0 Å². The molecule has 1 aliphatic rings. The van der Waals surface area contributed by atoms with Crippen molar-refractivity contribution in [1.29, 1.82) is 0 Å². The van der Waals surface area contributed by atoms with Crippen LogP contribution in [0.3, 0.4) is 0 Å². The lowest BCUT2D eigenvalue weighted by Gasteiger charge is -2.33. The van der Waals surface area contributed by atoms with Crippen molar-refractivity contribution in [2.45, 2.75) is 18.9 Å². The summed E-state index contributed by atoms with van der Waals surface area (Å²) >= 11 is 0. The third kappa shape index (κ3) is 8.03. The number of rotatable bonds is 10. The molecule has 0 radical (unpaired) electrons. The Balaban J connectivity index is 1.38. The van der Waals surface area contributed by atoms with Gasteiger partial charge in [0, 0.05) is 45.5 Å². The molecule has 0 spiro atoms. The Morgan fingerprint density at radius 1 is 0.974 bits per heavy atom. The summed E-state index contributed by atoms with van der Waals surface area (Å²) in [5, 5.41) is 8.89. The first kappa shape index (κ1) is 27.1. The summed E-state index contributed by atoms with van der Waals surface area (Å²) in [5.41, 5.74) is 9.28. The molecule has 0 aliphatic carbocycles. The molecule has 0 bridgehead atoms. The van der Waals surface area contributed by atoms with Crippen LogP contribution in [0.5, 0.6) is 0 Å². The average molecular weight is 516 g/mol. The van der Waals surface area contributed by atoms with Crippen LogP contribution in [0.2, 0.25) is 0 Å². The van der Waals surface area contributed by atoms with Gasteiger partial charge in [0.1, 0.15) is 5.69 Å². The van der Waals surface area contributed by atoms with Crippen LogP contribution in [0.4, 0.5) is 16.2 Å². The molecule has 1 saturated heterocycles. The number of likely N-dealkylation sites (N-methyl/N-ethyl adjacent to an activating group) is 1. The molecule has 3 amide bonds. The number of para-hydroxylation sites is 2. The smallest absolute Gasteiger partial charge is 0.315 e. The van der Waals surface area contributed by atoms with Gasteiger partial charge in [0.15, 0.2) is 0 Å². The molecule has 3 aromatic rings. The van der Waals surface area contributed by atoms with Crippen molar-refractivity contribution in [2.75, 3.05) is 57.4 Å². The fourth-order valence-electron chi connectivity index (χ4n) is 4.42. The zero-order valence-corrected chi connectivity index (χ0v) is 21.9. The van der Waals surface area contributed by atoms with Gasteiger partial charge in [-0.05, 0) is 49.2 Å². The molecular formula is C29H37N7O2. The highest BCUT2D eigenvalue weighted by Gasteiger charge is 2.20. The van der Waals surface area contributed by atoms with Crippen LogP contribution in [-0.2, 0) is 6.42 Å². The Bertz CT molecular complexity index is 1180. The van der Waals surface area contributed by atoms with Gasteiger partial charge in [-0.3, -0.25) is 9.78 Å². The predicted molar refractivity (Wildman–Crippen MR) is 151 cm³/mol. The molecular weight excluding hydrogens is 478 g/mol. The largest absolute Gasteiger partial charge is 0.397 e. The SMILES string of the molecule is CN1CCN(CCC(NC(=O)NCCc2ccccc2)c2ccc(C(=O)Nc3ccccc3N)nc2)CC1. The lowest BCUT2D eigenvalue weighted by atomic mass is 10.0. The van der Waals surface area contributed by atoms with E-state index in [0.717, 1.165) is 51.1 Å². The molecule has 1 aliphatic heterocycles. The maximum atomic E-state index is 12.8. The van der Waals surface area contributed by atoms with E-state index in [0.29, 0.717) is 17.9 Å². The summed E-state index contributed by atoms with van der Waals surface area (Å²) in [6.45, 7) is 5.49. The van der Waals surface area contributed by atoms with E-state index in [1.165, 1.54) is 5.56 Å². The van der Waals surface area contributed by atoms with Gasteiger partial charge >= 0.3 is 6.03 Å². The molecule has 9 heteroatoms. The van der Waals surface area contributed by atoms with Crippen molar-refractivity contribution < 1.29 is 9.59 Å². The summed E-state index contributed by atoms with van der Waals surface area (Å²) in [6.07, 6.45) is 3.17. The van der Waals surface area contributed by atoms with Gasteiger partial charge in [0.25, 0.3) is 5.91 Å². The number of carbonyl (C=O) groups is 2. The monoisotopic (exact) mass is 515 g/mol. The third-order valence-corrected chi connectivity index (χ3v) is 6.81. The highest BCUT2D eigenvalue weighted by Crippen LogP contribution is 2.20. The molecule has 9 nitrogen and oxygen atoms in total. The van der Waals surface area contributed by atoms with Gasteiger partial charge in [0.2, 0.25) is 0 Å². The minimum atomic E-state index is -0.338. The molecule has 2 aromatic carbocycles. The molecule has 5 N–H and O–H groups in total. The average Bonchev–Trinajstić information content (AvgIpc) is 2.94. The van der Waals surface area contributed by atoms with Gasteiger partial charge in [-0.1, -0.05) is 48.5 Å². The van der Waals surface area contributed by atoms with Crippen molar-refractivity contribution in [2.24, 2.45) is 0 Å². The van der Waals surface area contributed by atoms with Crippen molar-refractivity contribution in [3.8, 4) is 0 Å². The number of pyridine rings is 1. The number of aromatic nitrogens is 1. The highest BCUT2D eigenvalue weighted by molar-refractivity contribution is 6.04. The summed E-state index contributed by atoms with van der Waals surface area (Å²) in [7, 11) is 2.14. The second-order valence-electron chi connectivity index (χ2n) is 9.64. The predicted octanol–water partition coefficient (Wildman–Crippen LogP) is 3.14. The van der Waals surface area contributed by atoms with Gasteiger partial charge in [-0.15, -0.1) is 0 Å². The number of carbonyl (C=O) groups excluding carboxylic acids is 2. The Hall–Kier alpha value is -3.95. The van der Waals surface area contributed by atoms with E-state index in [2.05, 4.69) is 37.8 Å². The van der Waals surface area contributed by atoms with Crippen LogP contribution in [0.15, 0.2) is 72.9 Å². The molecule has 1 aromatic heterocycles. The Morgan fingerprint density at radius 2 is 1.71 bits per heavy atom. The quantitative estimate of drug-likeness (QED) is 0.309. The number of benzene rings is 2. The highest BCUT2D eigenvalue weighted by atomic mass is 16.2. The lowest BCUT2D eigenvalue weighted by molar-refractivity contribution is 0.102. The fraction of sp³-hybridized carbons (Fsp3) is 0.345. The minimum Gasteiger partial charge on any atom is -0.397 e. The van der Waals surface area contributed by atoms with Crippen molar-refractivity contribution in [3.05, 3.63) is 89.7 Å². The van der Waals surface area contributed by atoms with E-state index in [1.807, 2.05) is 48.5 Å². The molecule has 4 rings (SSSR count). The van der Waals surface area contributed by atoms with Crippen molar-refractivity contribution in [1.82, 2.24) is 25.4 Å². The molecule has 1 atom stereocenters. The number of nitrogens with one attached hydrogen (secondary N) is 3. The van der Waals surface area contributed by atoms with Crippen LogP contribution in [0, 0.1) is 0 Å². The number of nitrogens with zero attached hydrogens (tertiary/aromatic N) is 3. The van der Waals surface area contributed by atoms with Crippen LogP contribution in [0.1, 0.15) is 34.1 Å². The van der Waals surface area contributed by atoms with E-state index in [1.54, 1.807) is 24.4 Å². The van der Waals surface area contributed by atoms with E-state index in [9.17, 15) is 9.59 Å². The maximum absolute atomic E-state index is 12.8.